The molecule has 0 bridgehead atoms. The number of methoxy groups -OCH3 is 1. The number of pyridine rings is 1. The van der Waals surface area contributed by atoms with Crippen LogP contribution in [-0.4, -0.2) is 54.8 Å². The number of rotatable bonds is 6. The maximum atomic E-state index is 12.0. The van der Waals surface area contributed by atoms with Crippen molar-refractivity contribution in [3.05, 3.63) is 23.9 Å². The molecule has 0 aromatic carbocycles. The van der Waals surface area contributed by atoms with Crippen LogP contribution in [0.15, 0.2) is 18.3 Å². The minimum absolute atomic E-state index is 0.0257. The van der Waals surface area contributed by atoms with E-state index in [1.165, 1.54) is 0 Å². The molecule has 6 nitrogen and oxygen atoms in total. The Morgan fingerprint density at radius 2 is 2.24 bits per heavy atom. The normalized spacial score (nSPS) is 22.5. The molecule has 1 amide bonds. The standard InChI is InChI=1S/C15H23N3O3/c1-18(2)9-13(20)17-15(11-6-12(19)7-11)10-4-5-14(21-3)16-8-10/h4-5,8,11-12,15,19H,6-7,9H2,1-3H3,(H,17,20)/t11?,12?,15-/m1/s1. The van der Waals surface area contributed by atoms with Crippen LogP contribution in [0, 0.1) is 5.92 Å². The zero-order chi connectivity index (χ0) is 15.4. The lowest BCUT2D eigenvalue weighted by Gasteiger charge is -2.38. The summed E-state index contributed by atoms with van der Waals surface area (Å²) in [5.41, 5.74) is 0.944. The first-order chi connectivity index (χ1) is 9.99. The number of hydrogen-bond donors (Lipinski definition) is 2. The number of likely N-dealkylation sites (N-methyl/N-ethyl adjacent to an activating group) is 1. The first-order valence-electron chi connectivity index (χ1n) is 7.11. The van der Waals surface area contributed by atoms with Gasteiger partial charge in [0.1, 0.15) is 0 Å². The maximum Gasteiger partial charge on any atom is 0.234 e. The van der Waals surface area contributed by atoms with Gasteiger partial charge in [-0.25, -0.2) is 4.98 Å². The number of carbonyl (C=O) groups is 1. The summed E-state index contributed by atoms with van der Waals surface area (Å²) in [5, 5.41) is 12.6. The maximum absolute atomic E-state index is 12.0. The van der Waals surface area contributed by atoms with Gasteiger partial charge in [-0.05, 0) is 38.4 Å². The van der Waals surface area contributed by atoms with Crippen LogP contribution >= 0.6 is 0 Å². The summed E-state index contributed by atoms with van der Waals surface area (Å²) in [6, 6.07) is 3.59. The number of ether oxygens (including phenoxy) is 1. The molecule has 0 unspecified atom stereocenters. The molecule has 0 saturated heterocycles. The van der Waals surface area contributed by atoms with Crippen LogP contribution in [0.1, 0.15) is 24.4 Å². The topological polar surface area (TPSA) is 74.7 Å². The first-order valence-corrected chi connectivity index (χ1v) is 7.11. The number of aliphatic hydroxyl groups is 1. The first kappa shape index (κ1) is 15.7. The second-order valence-corrected chi connectivity index (χ2v) is 5.80. The largest absolute Gasteiger partial charge is 0.481 e. The van der Waals surface area contributed by atoms with Crippen LogP contribution in [0.5, 0.6) is 5.88 Å². The Balaban J connectivity index is 2.09. The molecule has 1 aliphatic rings. The Bertz CT molecular complexity index is 470. The van der Waals surface area contributed by atoms with Crippen molar-refractivity contribution in [1.82, 2.24) is 15.2 Å². The Kier molecular flexibility index (Phi) is 5.14. The van der Waals surface area contributed by atoms with Crippen molar-refractivity contribution in [3.63, 3.8) is 0 Å². The summed E-state index contributed by atoms with van der Waals surface area (Å²) in [5.74, 6) is 0.772. The molecular formula is C15H23N3O3. The van der Waals surface area contributed by atoms with Crippen LogP contribution in [0.2, 0.25) is 0 Å². The molecule has 1 heterocycles. The van der Waals surface area contributed by atoms with Crippen LogP contribution in [0.25, 0.3) is 0 Å². The van der Waals surface area contributed by atoms with Crippen LogP contribution in [0.3, 0.4) is 0 Å². The van der Waals surface area contributed by atoms with E-state index in [2.05, 4.69) is 10.3 Å². The van der Waals surface area contributed by atoms with Crippen molar-refractivity contribution in [2.24, 2.45) is 5.92 Å². The van der Waals surface area contributed by atoms with E-state index in [9.17, 15) is 9.90 Å². The molecule has 1 aromatic rings. The van der Waals surface area contributed by atoms with Gasteiger partial charge in [0.15, 0.2) is 0 Å². The van der Waals surface area contributed by atoms with Crippen molar-refractivity contribution in [3.8, 4) is 5.88 Å². The molecule has 0 radical (unpaired) electrons. The van der Waals surface area contributed by atoms with E-state index in [4.69, 9.17) is 4.74 Å². The van der Waals surface area contributed by atoms with E-state index in [0.29, 0.717) is 25.3 Å². The second-order valence-electron chi connectivity index (χ2n) is 5.80. The molecule has 1 atom stereocenters. The predicted octanol–water partition coefficient (Wildman–Crippen LogP) is 0.580. The van der Waals surface area contributed by atoms with E-state index >= 15 is 0 Å². The van der Waals surface area contributed by atoms with Crippen molar-refractivity contribution in [1.29, 1.82) is 0 Å². The number of hydrogen-bond acceptors (Lipinski definition) is 5. The molecule has 21 heavy (non-hydrogen) atoms. The fourth-order valence-electron chi connectivity index (χ4n) is 2.58. The van der Waals surface area contributed by atoms with Gasteiger partial charge in [-0.1, -0.05) is 6.07 Å². The smallest absolute Gasteiger partial charge is 0.234 e. The minimum atomic E-state index is -0.255. The van der Waals surface area contributed by atoms with E-state index in [1.54, 1.807) is 19.4 Å². The van der Waals surface area contributed by atoms with Gasteiger partial charge in [0, 0.05) is 12.3 Å². The van der Waals surface area contributed by atoms with E-state index in [1.807, 2.05) is 25.1 Å². The number of amides is 1. The monoisotopic (exact) mass is 293 g/mol. The fraction of sp³-hybridized carbons (Fsp3) is 0.600. The molecule has 2 rings (SSSR count). The summed E-state index contributed by atoms with van der Waals surface area (Å²) in [6.45, 7) is 0.343. The van der Waals surface area contributed by atoms with Crippen LogP contribution < -0.4 is 10.1 Å². The highest BCUT2D eigenvalue weighted by molar-refractivity contribution is 5.78. The number of aliphatic hydroxyl groups excluding tert-OH is 1. The van der Waals surface area contributed by atoms with Crippen molar-refractivity contribution < 1.29 is 14.6 Å². The van der Waals surface area contributed by atoms with Gasteiger partial charge < -0.3 is 20.1 Å². The van der Waals surface area contributed by atoms with Gasteiger partial charge in [0.2, 0.25) is 11.8 Å². The average molecular weight is 293 g/mol. The lowest BCUT2D eigenvalue weighted by molar-refractivity contribution is -0.123. The molecular weight excluding hydrogens is 270 g/mol. The van der Waals surface area contributed by atoms with E-state index in [-0.39, 0.29) is 24.0 Å². The number of nitrogens with one attached hydrogen (secondary N) is 1. The highest BCUT2D eigenvalue weighted by Gasteiger charge is 2.35. The van der Waals surface area contributed by atoms with Crippen LogP contribution in [0.4, 0.5) is 0 Å². The molecule has 0 aliphatic heterocycles. The third kappa shape index (κ3) is 4.15. The molecule has 1 saturated carbocycles. The summed E-state index contributed by atoms with van der Waals surface area (Å²) < 4.78 is 5.06. The van der Waals surface area contributed by atoms with Crippen molar-refractivity contribution in [2.45, 2.75) is 25.0 Å². The molecule has 1 fully saturated rings. The lowest BCUT2D eigenvalue weighted by atomic mass is 9.75. The number of nitrogens with zero attached hydrogens (tertiary/aromatic N) is 2. The molecule has 1 aliphatic carbocycles. The molecule has 2 N–H and O–H groups in total. The predicted molar refractivity (Wildman–Crippen MR) is 79.0 cm³/mol. The lowest BCUT2D eigenvalue weighted by Crippen LogP contribution is -2.43. The minimum Gasteiger partial charge on any atom is -0.481 e. The highest BCUT2D eigenvalue weighted by atomic mass is 16.5. The summed E-state index contributed by atoms with van der Waals surface area (Å²) >= 11 is 0. The third-order valence-electron chi connectivity index (χ3n) is 3.72. The van der Waals surface area contributed by atoms with Gasteiger partial charge in [0.05, 0.1) is 25.8 Å². The van der Waals surface area contributed by atoms with E-state index in [0.717, 1.165) is 5.56 Å². The van der Waals surface area contributed by atoms with E-state index < -0.39 is 0 Å². The van der Waals surface area contributed by atoms with Gasteiger partial charge in [-0.15, -0.1) is 0 Å². The van der Waals surface area contributed by atoms with Gasteiger partial charge in [-0.3, -0.25) is 4.79 Å². The Labute approximate surface area is 125 Å². The Morgan fingerprint density at radius 3 is 2.71 bits per heavy atom. The van der Waals surface area contributed by atoms with Gasteiger partial charge >= 0.3 is 0 Å². The zero-order valence-electron chi connectivity index (χ0n) is 12.7. The Morgan fingerprint density at radius 1 is 1.52 bits per heavy atom. The van der Waals surface area contributed by atoms with Crippen molar-refractivity contribution in [2.75, 3.05) is 27.7 Å². The molecule has 116 valence electrons. The second kappa shape index (κ2) is 6.87. The Hall–Kier alpha value is -1.66. The molecule has 1 aromatic heterocycles. The summed E-state index contributed by atoms with van der Waals surface area (Å²) in [4.78, 5) is 18.1. The summed E-state index contributed by atoms with van der Waals surface area (Å²) in [7, 11) is 5.29. The van der Waals surface area contributed by atoms with Gasteiger partial charge in [0.25, 0.3) is 0 Å². The van der Waals surface area contributed by atoms with Crippen molar-refractivity contribution >= 4 is 5.91 Å². The average Bonchev–Trinajstić information content (AvgIpc) is 2.41. The zero-order valence-corrected chi connectivity index (χ0v) is 12.7. The molecule has 0 spiro atoms. The fourth-order valence-corrected chi connectivity index (χ4v) is 2.58. The summed E-state index contributed by atoms with van der Waals surface area (Å²) in [6.07, 6.45) is 2.89. The molecule has 6 heteroatoms. The third-order valence-corrected chi connectivity index (χ3v) is 3.72. The van der Waals surface area contributed by atoms with Gasteiger partial charge in [-0.2, -0.15) is 0 Å². The van der Waals surface area contributed by atoms with Crippen LogP contribution in [-0.2, 0) is 4.79 Å². The highest BCUT2D eigenvalue weighted by Crippen LogP contribution is 2.38. The number of carbonyl (C=O) groups excluding carboxylic acids is 1. The number of aromatic nitrogens is 1. The SMILES string of the molecule is COc1ccc([C@@H](NC(=O)CN(C)C)C2CC(O)C2)cn1. The quantitative estimate of drug-likeness (QED) is 0.802.